The van der Waals surface area contributed by atoms with Crippen LogP contribution in [0.15, 0.2) is 47.4 Å². The van der Waals surface area contributed by atoms with Crippen LogP contribution in [0.25, 0.3) is 0 Å². The zero-order valence-corrected chi connectivity index (χ0v) is 18.8. The quantitative estimate of drug-likeness (QED) is 0.674. The summed E-state index contributed by atoms with van der Waals surface area (Å²) in [6.45, 7) is 4.15. The Kier molecular flexibility index (Phi) is 6.53. The van der Waals surface area contributed by atoms with E-state index in [1.807, 2.05) is 0 Å². The number of benzene rings is 2. The minimum atomic E-state index is -4.73. The molecule has 1 aliphatic rings. The molecule has 2 aromatic rings. The van der Waals surface area contributed by atoms with Crippen LogP contribution in [-0.4, -0.2) is 44.5 Å². The average Bonchev–Trinajstić information content (AvgIpc) is 2.71. The second-order valence-electron chi connectivity index (χ2n) is 8.29. The van der Waals surface area contributed by atoms with Crippen molar-refractivity contribution in [1.82, 2.24) is 0 Å². The van der Waals surface area contributed by atoms with Gasteiger partial charge in [-0.2, -0.15) is 13.2 Å². The number of halogens is 3. The van der Waals surface area contributed by atoms with Gasteiger partial charge in [0.1, 0.15) is 17.5 Å². The van der Waals surface area contributed by atoms with Gasteiger partial charge in [0.15, 0.2) is 0 Å². The highest BCUT2D eigenvalue weighted by molar-refractivity contribution is 7.92. The zero-order valence-electron chi connectivity index (χ0n) is 18.0. The lowest BCUT2D eigenvalue weighted by atomic mass is 10.2. The van der Waals surface area contributed by atoms with Crippen molar-refractivity contribution >= 4 is 27.5 Å². The molecule has 3 rings (SSSR count). The topological polar surface area (TPSA) is 105 Å². The molecule has 180 valence electrons. The number of aliphatic hydroxyl groups excluding tert-OH is 1. The second kappa shape index (κ2) is 8.75. The molecule has 0 bridgehead atoms. The predicted octanol–water partition coefficient (Wildman–Crippen LogP) is 4.00. The number of anilines is 2. The molecule has 0 spiro atoms. The molecule has 1 amide bonds. The van der Waals surface area contributed by atoms with E-state index in [-0.39, 0.29) is 23.7 Å². The van der Waals surface area contributed by atoms with Crippen LogP contribution in [-0.2, 0) is 20.9 Å². The van der Waals surface area contributed by atoms with Crippen molar-refractivity contribution in [3.8, 4) is 5.75 Å². The molecule has 0 aliphatic carbocycles. The van der Waals surface area contributed by atoms with E-state index in [0.29, 0.717) is 6.07 Å². The summed E-state index contributed by atoms with van der Waals surface area (Å²) in [5.41, 5.74) is -1.71. The molecule has 0 saturated carbocycles. The highest BCUT2D eigenvalue weighted by atomic mass is 32.2. The molecule has 8 nitrogen and oxygen atoms in total. The van der Waals surface area contributed by atoms with Crippen LogP contribution in [0.4, 0.5) is 29.3 Å². The standard InChI is InChI=1S/C21H23F3N2O6S/c1-20(2,3)32-19(28)25-14-7-8-18-17(10-14)26(11-15(12-27)31-18)33(29,30)16-6-4-5-13(9-16)21(22,23)24/h4-10,15,27H,11-12H2,1-3H3,(H,25,28). The second-order valence-corrected chi connectivity index (χ2v) is 10.2. The Morgan fingerprint density at radius 2 is 1.91 bits per heavy atom. The van der Waals surface area contributed by atoms with Crippen LogP contribution < -0.4 is 14.4 Å². The number of alkyl halides is 3. The third-order valence-corrected chi connectivity index (χ3v) is 6.26. The summed E-state index contributed by atoms with van der Waals surface area (Å²) < 4.78 is 77.6. The number of carbonyl (C=O) groups excluding carboxylic acids is 1. The molecule has 12 heteroatoms. The molecule has 2 N–H and O–H groups in total. The van der Waals surface area contributed by atoms with E-state index in [1.54, 1.807) is 20.8 Å². The summed E-state index contributed by atoms with van der Waals surface area (Å²) in [7, 11) is -4.48. The zero-order chi connectivity index (χ0) is 24.6. The highest BCUT2D eigenvalue weighted by Gasteiger charge is 2.37. The molecular formula is C21H23F3N2O6S. The lowest BCUT2D eigenvalue weighted by molar-refractivity contribution is -0.137. The SMILES string of the molecule is CC(C)(C)OC(=O)Nc1ccc2c(c1)N(S(=O)(=O)c1cccc(C(F)(F)F)c1)CC(CO)O2. The first kappa shape index (κ1) is 24.6. The van der Waals surface area contributed by atoms with Gasteiger partial charge in [0, 0.05) is 5.69 Å². The normalized spacial score (nSPS) is 16.6. The van der Waals surface area contributed by atoms with Crippen LogP contribution in [0.1, 0.15) is 26.3 Å². The number of hydrogen-bond acceptors (Lipinski definition) is 6. The summed E-state index contributed by atoms with van der Waals surface area (Å²) in [4.78, 5) is 11.5. The Labute approximate surface area is 189 Å². The number of sulfonamides is 1. The fourth-order valence-corrected chi connectivity index (χ4v) is 4.64. The maximum absolute atomic E-state index is 13.3. The Hall–Kier alpha value is -2.99. The van der Waals surface area contributed by atoms with E-state index >= 15 is 0 Å². The van der Waals surface area contributed by atoms with Gasteiger partial charge in [0.25, 0.3) is 10.0 Å². The first-order valence-corrected chi connectivity index (χ1v) is 11.3. The number of aliphatic hydroxyl groups is 1. The van der Waals surface area contributed by atoms with Gasteiger partial charge in [-0.1, -0.05) is 6.07 Å². The van der Waals surface area contributed by atoms with E-state index in [2.05, 4.69) is 5.32 Å². The maximum Gasteiger partial charge on any atom is 0.416 e. The van der Waals surface area contributed by atoms with Gasteiger partial charge in [-0.3, -0.25) is 9.62 Å². The highest BCUT2D eigenvalue weighted by Crippen LogP contribution is 2.40. The van der Waals surface area contributed by atoms with E-state index in [0.717, 1.165) is 22.5 Å². The smallest absolute Gasteiger partial charge is 0.416 e. The summed E-state index contributed by atoms with van der Waals surface area (Å²) in [5, 5.41) is 12.0. The van der Waals surface area contributed by atoms with Crippen molar-refractivity contribution in [3.63, 3.8) is 0 Å². The van der Waals surface area contributed by atoms with Crippen molar-refractivity contribution < 1.29 is 41.0 Å². The largest absolute Gasteiger partial charge is 0.484 e. The van der Waals surface area contributed by atoms with Crippen molar-refractivity contribution in [1.29, 1.82) is 0 Å². The molecule has 1 aliphatic heterocycles. The Bertz CT molecular complexity index is 1150. The van der Waals surface area contributed by atoms with E-state index in [1.165, 1.54) is 18.2 Å². The predicted molar refractivity (Wildman–Crippen MR) is 114 cm³/mol. The average molecular weight is 488 g/mol. The van der Waals surface area contributed by atoms with Crippen LogP contribution in [0.5, 0.6) is 5.75 Å². The first-order valence-electron chi connectivity index (χ1n) is 9.82. The minimum absolute atomic E-state index is 0.00864. The molecule has 1 unspecified atom stereocenters. The lowest BCUT2D eigenvalue weighted by Gasteiger charge is -2.35. The van der Waals surface area contributed by atoms with Gasteiger partial charge < -0.3 is 14.6 Å². The molecule has 2 aromatic carbocycles. The van der Waals surface area contributed by atoms with Crippen molar-refractivity contribution in [3.05, 3.63) is 48.0 Å². The van der Waals surface area contributed by atoms with Gasteiger partial charge in [0.2, 0.25) is 0 Å². The molecular weight excluding hydrogens is 465 g/mol. The number of fused-ring (bicyclic) bond motifs is 1. The summed E-state index contributed by atoms with van der Waals surface area (Å²) in [6.07, 6.45) is -6.45. The molecule has 0 fully saturated rings. The van der Waals surface area contributed by atoms with Gasteiger partial charge in [-0.05, 0) is 57.2 Å². The van der Waals surface area contributed by atoms with Crippen molar-refractivity contribution in [2.24, 2.45) is 0 Å². The fourth-order valence-electron chi connectivity index (χ4n) is 3.09. The summed E-state index contributed by atoms with van der Waals surface area (Å²) in [5.74, 6) is 0.0746. The van der Waals surface area contributed by atoms with Gasteiger partial charge in [-0.25, -0.2) is 13.2 Å². The fraction of sp³-hybridized carbons (Fsp3) is 0.381. The van der Waals surface area contributed by atoms with Gasteiger partial charge in [0.05, 0.1) is 29.3 Å². The van der Waals surface area contributed by atoms with Crippen molar-refractivity contribution in [2.45, 2.75) is 43.5 Å². The van der Waals surface area contributed by atoms with E-state index < -0.39 is 51.1 Å². The van der Waals surface area contributed by atoms with Gasteiger partial charge >= 0.3 is 12.3 Å². The number of nitrogens with zero attached hydrogens (tertiary/aromatic N) is 1. The summed E-state index contributed by atoms with van der Waals surface area (Å²) in [6, 6.07) is 7.50. The molecule has 1 heterocycles. The Morgan fingerprint density at radius 1 is 1.21 bits per heavy atom. The number of ether oxygens (including phenoxy) is 2. The van der Waals surface area contributed by atoms with Crippen molar-refractivity contribution in [2.75, 3.05) is 22.8 Å². The summed E-state index contributed by atoms with van der Waals surface area (Å²) >= 11 is 0. The molecule has 1 atom stereocenters. The van der Waals surface area contributed by atoms with Gasteiger partial charge in [-0.15, -0.1) is 0 Å². The molecule has 0 aromatic heterocycles. The molecule has 0 saturated heterocycles. The number of rotatable bonds is 4. The number of hydrogen-bond donors (Lipinski definition) is 2. The lowest BCUT2D eigenvalue weighted by Crippen LogP contribution is -2.45. The molecule has 0 radical (unpaired) electrons. The maximum atomic E-state index is 13.3. The number of nitrogens with one attached hydrogen (secondary N) is 1. The van der Waals surface area contributed by atoms with Crippen LogP contribution in [0, 0.1) is 0 Å². The molecule has 33 heavy (non-hydrogen) atoms. The Morgan fingerprint density at radius 3 is 2.52 bits per heavy atom. The van der Waals surface area contributed by atoms with E-state index in [4.69, 9.17) is 9.47 Å². The van der Waals surface area contributed by atoms with Crippen LogP contribution >= 0.6 is 0 Å². The Balaban J connectivity index is 2.02. The number of carbonyl (C=O) groups is 1. The number of amides is 1. The van der Waals surface area contributed by atoms with Crippen LogP contribution in [0.3, 0.4) is 0 Å². The minimum Gasteiger partial charge on any atom is -0.484 e. The van der Waals surface area contributed by atoms with E-state index in [9.17, 15) is 31.5 Å². The third-order valence-electron chi connectivity index (χ3n) is 4.49. The monoisotopic (exact) mass is 488 g/mol. The first-order chi connectivity index (χ1) is 15.2. The van der Waals surface area contributed by atoms with Crippen LogP contribution in [0.2, 0.25) is 0 Å². The third kappa shape index (κ3) is 5.69.